The molecule has 0 aromatic heterocycles. The van der Waals surface area contributed by atoms with Crippen molar-refractivity contribution in [3.8, 4) is 0 Å². The maximum absolute atomic E-state index is 11.2. The number of fused-ring (bicyclic) bond motifs is 1. The van der Waals surface area contributed by atoms with Crippen molar-refractivity contribution in [2.45, 2.75) is 37.3 Å². The molecule has 1 aliphatic heterocycles. The van der Waals surface area contributed by atoms with Crippen LogP contribution in [0.3, 0.4) is 0 Å². The van der Waals surface area contributed by atoms with E-state index in [1.165, 1.54) is 7.11 Å². The second-order valence-electron chi connectivity index (χ2n) is 5.28. The fourth-order valence-corrected chi connectivity index (χ4v) is 3.59. The molecule has 3 fully saturated rings. The third kappa shape index (κ3) is 1.88. The van der Waals surface area contributed by atoms with E-state index in [1.807, 2.05) is 0 Å². The molecule has 2 aliphatic carbocycles. The van der Waals surface area contributed by atoms with Crippen molar-refractivity contribution in [1.82, 2.24) is 0 Å². The summed E-state index contributed by atoms with van der Waals surface area (Å²) in [5.41, 5.74) is 0. The summed E-state index contributed by atoms with van der Waals surface area (Å²) in [7, 11) is 1.26. The van der Waals surface area contributed by atoms with E-state index in [-0.39, 0.29) is 11.8 Å². The number of rotatable bonds is 1. The molecule has 4 atom stereocenters. The third-order valence-electron chi connectivity index (χ3n) is 4.28. The van der Waals surface area contributed by atoms with Crippen LogP contribution in [0.4, 0.5) is 4.79 Å². The molecule has 3 rings (SSSR count). The van der Waals surface area contributed by atoms with Crippen LogP contribution < -0.4 is 0 Å². The van der Waals surface area contributed by atoms with Crippen LogP contribution in [-0.4, -0.2) is 49.6 Å². The van der Waals surface area contributed by atoms with Gasteiger partial charge < -0.3 is 24.1 Å². The number of aliphatic hydroxyl groups excluding tert-OH is 1. The first-order chi connectivity index (χ1) is 8.63. The Labute approximate surface area is 105 Å². The number of hydrogen-bond acceptors (Lipinski definition) is 6. The summed E-state index contributed by atoms with van der Waals surface area (Å²) in [4.78, 5) is 11.2. The van der Waals surface area contributed by atoms with Gasteiger partial charge in [0.15, 0.2) is 5.79 Å². The highest BCUT2D eigenvalue weighted by Crippen LogP contribution is 2.52. The number of methoxy groups -OCH3 is 1. The second kappa shape index (κ2) is 4.36. The molecule has 1 saturated heterocycles. The summed E-state index contributed by atoms with van der Waals surface area (Å²) >= 11 is 0. The first-order valence-corrected chi connectivity index (χ1v) is 6.34. The quantitative estimate of drug-likeness (QED) is 0.697. The lowest BCUT2D eigenvalue weighted by Crippen LogP contribution is -2.35. The molecule has 102 valence electrons. The molecule has 0 unspecified atom stereocenters. The topological polar surface area (TPSA) is 74.2 Å². The largest absolute Gasteiger partial charge is 0.508 e. The van der Waals surface area contributed by atoms with Crippen LogP contribution in [0.2, 0.25) is 0 Å². The Bertz CT molecular complexity index is 337. The zero-order chi connectivity index (χ0) is 12.8. The average Bonchev–Trinajstić information content (AvgIpc) is 3.00. The first-order valence-electron chi connectivity index (χ1n) is 6.34. The average molecular weight is 258 g/mol. The van der Waals surface area contributed by atoms with E-state index in [1.54, 1.807) is 0 Å². The van der Waals surface area contributed by atoms with Gasteiger partial charge in [0.25, 0.3) is 0 Å². The van der Waals surface area contributed by atoms with Gasteiger partial charge in [0, 0.05) is 18.8 Å². The summed E-state index contributed by atoms with van der Waals surface area (Å²) in [6, 6.07) is 0. The molecule has 2 saturated carbocycles. The van der Waals surface area contributed by atoms with Crippen LogP contribution in [0.15, 0.2) is 0 Å². The first kappa shape index (κ1) is 12.2. The van der Waals surface area contributed by atoms with Crippen LogP contribution in [0, 0.1) is 11.8 Å². The Morgan fingerprint density at radius 3 is 2.72 bits per heavy atom. The van der Waals surface area contributed by atoms with E-state index in [0.29, 0.717) is 26.1 Å². The summed E-state index contributed by atoms with van der Waals surface area (Å²) in [5, 5.41) is 9.96. The van der Waals surface area contributed by atoms with E-state index in [4.69, 9.17) is 14.2 Å². The Morgan fingerprint density at radius 1 is 1.33 bits per heavy atom. The molecule has 1 heterocycles. The summed E-state index contributed by atoms with van der Waals surface area (Å²) in [5.74, 6) is -0.127. The molecule has 1 N–H and O–H groups in total. The molecular weight excluding hydrogens is 240 g/mol. The Morgan fingerprint density at radius 2 is 2.06 bits per heavy atom. The van der Waals surface area contributed by atoms with Crippen molar-refractivity contribution in [3.63, 3.8) is 0 Å². The standard InChI is InChI=1S/C12H18O6/c1-15-11(14)18-10-8-6-12(16-2-3-17-12)5-7(8)4-9(10)13/h7-10,13H,2-6H2,1H3/t7-,8+,9-,10-/m1/s1. The molecule has 0 bridgehead atoms. The fourth-order valence-electron chi connectivity index (χ4n) is 3.59. The Kier molecular flexibility index (Phi) is 2.96. The van der Waals surface area contributed by atoms with Crippen molar-refractivity contribution in [1.29, 1.82) is 0 Å². The molecular formula is C12H18O6. The van der Waals surface area contributed by atoms with Gasteiger partial charge in [-0.3, -0.25) is 0 Å². The fraction of sp³-hybridized carbons (Fsp3) is 0.917. The lowest BCUT2D eigenvalue weighted by Gasteiger charge is -2.25. The molecule has 6 heteroatoms. The lowest BCUT2D eigenvalue weighted by molar-refractivity contribution is -0.160. The third-order valence-corrected chi connectivity index (χ3v) is 4.28. The molecule has 0 aromatic rings. The van der Waals surface area contributed by atoms with Crippen molar-refractivity contribution >= 4 is 6.16 Å². The number of ether oxygens (including phenoxy) is 4. The van der Waals surface area contributed by atoms with Crippen molar-refractivity contribution in [2.24, 2.45) is 11.8 Å². The predicted octanol–water partition coefficient (Wildman–Crippen LogP) is 0.672. The number of carbonyl (C=O) groups is 1. The van der Waals surface area contributed by atoms with Crippen molar-refractivity contribution in [2.75, 3.05) is 20.3 Å². The van der Waals surface area contributed by atoms with E-state index >= 15 is 0 Å². The minimum absolute atomic E-state index is 0.0946. The summed E-state index contributed by atoms with van der Waals surface area (Å²) in [6.07, 6.45) is 0.217. The van der Waals surface area contributed by atoms with Crippen LogP contribution in [-0.2, 0) is 18.9 Å². The van der Waals surface area contributed by atoms with Crippen molar-refractivity contribution in [3.05, 3.63) is 0 Å². The van der Waals surface area contributed by atoms with E-state index in [0.717, 1.165) is 6.42 Å². The van der Waals surface area contributed by atoms with Gasteiger partial charge in [-0.15, -0.1) is 0 Å². The summed E-state index contributed by atoms with van der Waals surface area (Å²) < 4.78 is 21.0. The van der Waals surface area contributed by atoms with Gasteiger partial charge >= 0.3 is 6.16 Å². The van der Waals surface area contributed by atoms with Gasteiger partial charge in [-0.05, 0) is 12.3 Å². The van der Waals surface area contributed by atoms with Gasteiger partial charge in [-0.1, -0.05) is 0 Å². The highest BCUT2D eigenvalue weighted by atomic mass is 16.7. The molecule has 0 aromatic carbocycles. The lowest BCUT2D eigenvalue weighted by atomic mass is 9.99. The Hall–Kier alpha value is -0.850. The maximum atomic E-state index is 11.2. The maximum Gasteiger partial charge on any atom is 0.508 e. The SMILES string of the molecule is COC(=O)O[C@@H]1[C@H]2CC3(C[C@H]2C[C@H]1O)OCCO3. The van der Waals surface area contributed by atoms with Gasteiger partial charge in [0.2, 0.25) is 0 Å². The van der Waals surface area contributed by atoms with Crippen LogP contribution in [0.1, 0.15) is 19.3 Å². The molecule has 6 nitrogen and oxygen atoms in total. The van der Waals surface area contributed by atoms with Gasteiger partial charge in [-0.2, -0.15) is 0 Å². The van der Waals surface area contributed by atoms with Crippen LogP contribution in [0.25, 0.3) is 0 Å². The van der Waals surface area contributed by atoms with E-state index in [2.05, 4.69) is 4.74 Å². The molecule has 3 aliphatic rings. The molecule has 0 radical (unpaired) electrons. The van der Waals surface area contributed by atoms with Crippen LogP contribution >= 0.6 is 0 Å². The normalized spacial score (nSPS) is 41.0. The molecule has 1 spiro atoms. The Balaban J connectivity index is 1.70. The second-order valence-corrected chi connectivity index (χ2v) is 5.28. The van der Waals surface area contributed by atoms with Gasteiger partial charge in [-0.25, -0.2) is 4.79 Å². The van der Waals surface area contributed by atoms with Crippen molar-refractivity contribution < 1.29 is 28.8 Å². The van der Waals surface area contributed by atoms with Gasteiger partial charge in [0.05, 0.1) is 26.4 Å². The smallest absolute Gasteiger partial charge is 0.438 e. The highest BCUT2D eigenvalue weighted by Gasteiger charge is 2.58. The number of aliphatic hydroxyl groups is 1. The number of carbonyl (C=O) groups excluding carboxylic acids is 1. The highest BCUT2D eigenvalue weighted by molar-refractivity contribution is 5.60. The molecule has 18 heavy (non-hydrogen) atoms. The summed E-state index contributed by atoms with van der Waals surface area (Å²) in [6.45, 7) is 1.23. The zero-order valence-corrected chi connectivity index (χ0v) is 10.3. The minimum Gasteiger partial charge on any atom is -0.438 e. The zero-order valence-electron chi connectivity index (χ0n) is 10.3. The van der Waals surface area contributed by atoms with E-state index < -0.39 is 24.2 Å². The van der Waals surface area contributed by atoms with Gasteiger partial charge in [0.1, 0.15) is 6.10 Å². The monoisotopic (exact) mass is 258 g/mol. The van der Waals surface area contributed by atoms with E-state index in [9.17, 15) is 9.90 Å². The minimum atomic E-state index is -0.742. The molecule has 0 amide bonds. The predicted molar refractivity (Wildman–Crippen MR) is 58.8 cm³/mol. The van der Waals surface area contributed by atoms with Crippen LogP contribution in [0.5, 0.6) is 0 Å². The number of hydrogen-bond donors (Lipinski definition) is 1.